The smallest absolute Gasteiger partial charge is 0.0254 e. The van der Waals surface area contributed by atoms with Gasteiger partial charge in [-0.1, -0.05) is 33.6 Å². The van der Waals surface area contributed by atoms with Gasteiger partial charge in [-0.3, -0.25) is 4.90 Å². The summed E-state index contributed by atoms with van der Waals surface area (Å²) in [6.45, 7) is 9.43. The summed E-state index contributed by atoms with van der Waals surface area (Å²) in [5, 5.41) is 3.84. The molecule has 0 radical (unpaired) electrons. The van der Waals surface area contributed by atoms with Crippen molar-refractivity contribution < 1.29 is 0 Å². The molecule has 2 heteroatoms. The zero-order valence-corrected chi connectivity index (χ0v) is 13.3. The van der Waals surface area contributed by atoms with Gasteiger partial charge in [0.25, 0.3) is 0 Å². The van der Waals surface area contributed by atoms with Gasteiger partial charge in [0, 0.05) is 18.1 Å². The van der Waals surface area contributed by atoms with Crippen LogP contribution in [0.25, 0.3) is 0 Å². The zero-order chi connectivity index (χ0) is 13.7. The number of hydrogen-bond acceptors (Lipinski definition) is 2. The van der Waals surface area contributed by atoms with E-state index in [1.54, 1.807) is 0 Å². The fourth-order valence-electron chi connectivity index (χ4n) is 4.01. The lowest BCUT2D eigenvalue weighted by Crippen LogP contribution is -2.54. The summed E-state index contributed by atoms with van der Waals surface area (Å²) in [4.78, 5) is 2.83. The molecular weight excluding hydrogens is 232 g/mol. The molecule has 2 aliphatic rings. The quantitative estimate of drug-likeness (QED) is 0.719. The van der Waals surface area contributed by atoms with E-state index in [0.29, 0.717) is 0 Å². The van der Waals surface area contributed by atoms with E-state index in [4.69, 9.17) is 0 Å². The third kappa shape index (κ3) is 4.19. The van der Waals surface area contributed by atoms with Gasteiger partial charge >= 0.3 is 0 Å². The van der Waals surface area contributed by atoms with Gasteiger partial charge in [-0.15, -0.1) is 0 Å². The van der Waals surface area contributed by atoms with Crippen LogP contribution in [-0.4, -0.2) is 36.1 Å². The van der Waals surface area contributed by atoms with E-state index in [1.807, 2.05) is 0 Å². The van der Waals surface area contributed by atoms with Crippen molar-refractivity contribution in [3.05, 3.63) is 0 Å². The van der Waals surface area contributed by atoms with Crippen molar-refractivity contribution in [2.45, 2.75) is 90.3 Å². The Labute approximate surface area is 120 Å². The molecule has 0 saturated heterocycles. The van der Waals surface area contributed by atoms with Gasteiger partial charge in [0.1, 0.15) is 0 Å². The largest absolute Gasteiger partial charge is 0.312 e. The molecule has 2 aliphatic carbocycles. The minimum atomic E-state index is 0.758. The van der Waals surface area contributed by atoms with E-state index in [0.717, 1.165) is 24.0 Å². The summed E-state index contributed by atoms with van der Waals surface area (Å²) in [5.74, 6) is 0.988. The second-order valence-electron chi connectivity index (χ2n) is 6.66. The Hall–Kier alpha value is -0.0800. The average molecular weight is 266 g/mol. The molecule has 3 atom stereocenters. The maximum atomic E-state index is 3.84. The van der Waals surface area contributed by atoms with Crippen molar-refractivity contribution in [1.82, 2.24) is 10.2 Å². The zero-order valence-electron chi connectivity index (χ0n) is 13.3. The lowest BCUT2D eigenvalue weighted by atomic mass is 9.79. The third-order valence-electron chi connectivity index (χ3n) is 5.09. The first-order chi connectivity index (χ1) is 9.30. The molecule has 0 bridgehead atoms. The third-order valence-corrected chi connectivity index (χ3v) is 5.09. The van der Waals surface area contributed by atoms with Gasteiger partial charge in [0.05, 0.1) is 0 Å². The Balaban J connectivity index is 1.96. The van der Waals surface area contributed by atoms with E-state index in [1.165, 1.54) is 64.5 Å². The van der Waals surface area contributed by atoms with Crippen LogP contribution in [0, 0.1) is 5.92 Å². The molecule has 3 unspecified atom stereocenters. The normalized spacial score (nSPS) is 31.9. The highest BCUT2D eigenvalue weighted by atomic mass is 15.2. The van der Waals surface area contributed by atoms with Gasteiger partial charge in [-0.25, -0.2) is 0 Å². The van der Waals surface area contributed by atoms with Crippen LogP contribution < -0.4 is 5.32 Å². The predicted molar refractivity (Wildman–Crippen MR) is 83.5 cm³/mol. The highest BCUT2D eigenvalue weighted by molar-refractivity contribution is 4.96. The standard InChI is InChI=1S/C17H34N2/c1-4-7-14-8-11-16(18-12-5-2)17(13-14)19(6-3)15-9-10-15/h14-18H,4-13H2,1-3H3. The summed E-state index contributed by atoms with van der Waals surface area (Å²) in [6, 6.07) is 2.49. The van der Waals surface area contributed by atoms with Gasteiger partial charge in [0.15, 0.2) is 0 Å². The molecule has 2 rings (SSSR count). The molecule has 0 aromatic carbocycles. The summed E-state index contributed by atoms with van der Waals surface area (Å²) < 4.78 is 0. The SMILES string of the molecule is CCCNC1CCC(CCC)CC1N(CC)C1CC1. The van der Waals surface area contributed by atoms with Gasteiger partial charge in [0.2, 0.25) is 0 Å². The monoisotopic (exact) mass is 266 g/mol. The molecule has 0 aromatic heterocycles. The van der Waals surface area contributed by atoms with E-state index < -0.39 is 0 Å². The topological polar surface area (TPSA) is 15.3 Å². The summed E-state index contributed by atoms with van der Waals surface area (Å²) in [5.41, 5.74) is 0. The first-order valence-electron chi connectivity index (χ1n) is 8.79. The Morgan fingerprint density at radius 1 is 1.00 bits per heavy atom. The van der Waals surface area contributed by atoms with Crippen molar-refractivity contribution in [1.29, 1.82) is 0 Å². The molecular formula is C17H34N2. The maximum absolute atomic E-state index is 3.84. The number of hydrogen-bond donors (Lipinski definition) is 1. The van der Waals surface area contributed by atoms with Crippen molar-refractivity contribution >= 4 is 0 Å². The minimum Gasteiger partial charge on any atom is -0.312 e. The van der Waals surface area contributed by atoms with Crippen LogP contribution in [0.5, 0.6) is 0 Å². The van der Waals surface area contributed by atoms with Crippen molar-refractivity contribution in [3.8, 4) is 0 Å². The van der Waals surface area contributed by atoms with Crippen LogP contribution >= 0.6 is 0 Å². The summed E-state index contributed by atoms with van der Waals surface area (Å²) in [7, 11) is 0. The Morgan fingerprint density at radius 3 is 2.37 bits per heavy atom. The molecule has 2 nitrogen and oxygen atoms in total. The predicted octanol–water partition coefficient (Wildman–Crippen LogP) is 3.81. The van der Waals surface area contributed by atoms with E-state index in [2.05, 4.69) is 31.0 Å². The second kappa shape index (κ2) is 7.64. The fraction of sp³-hybridized carbons (Fsp3) is 1.00. The van der Waals surface area contributed by atoms with Crippen LogP contribution in [0.4, 0.5) is 0 Å². The van der Waals surface area contributed by atoms with E-state index in [-0.39, 0.29) is 0 Å². The Morgan fingerprint density at radius 2 is 1.79 bits per heavy atom. The van der Waals surface area contributed by atoms with Crippen molar-refractivity contribution in [3.63, 3.8) is 0 Å². The molecule has 0 amide bonds. The van der Waals surface area contributed by atoms with Gasteiger partial charge in [-0.05, 0) is 57.5 Å². The highest BCUT2D eigenvalue weighted by Crippen LogP contribution is 2.36. The van der Waals surface area contributed by atoms with Crippen LogP contribution in [0.3, 0.4) is 0 Å². The summed E-state index contributed by atoms with van der Waals surface area (Å²) >= 11 is 0. The minimum absolute atomic E-state index is 0.758. The Kier molecular flexibility index (Phi) is 6.15. The molecule has 0 spiro atoms. The first-order valence-corrected chi connectivity index (χ1v) is 8.79. The van der Waals surface area contributed by atoms with Gasteiger partial charge < -0.3 is 5.32 Å². The van der Waals surface area contributed by atoms with E-state index in [9.17, 15) is 0 Å². The summed E-state index contributed by atoms with van der Waals surface area (Å²) in [6.07, 6.45) is 11.3. The molecule has 1 N–H and O–H groups in total. The maximum Gasteiger partial charge on any atom is 0.0254 e. The van der Waals surface area contributed by atoms with Gasteiger partial charge in [-0.2, -0.15) is 0 Å². The number of nitrogens with zero attached hydrogens (tertiary/aromatic N) is 1. The number of likely N-dealkylation sites (N-methyl/N-ethyl adjacent to an activating group) is 1. The molecule has 19 heavy (non-hydrogen) atoms. The molecule has 2 saturated carbocycles. The lowest BCUT2D eigenvalue weighted by Gasteiger charge is -2.43. The Bertz CT molecular complexity index is 250. The number of nitrogens with one attached hydrogen (secondary N) is 1. The molecule has 112 valence electrons. The van der Waals surface area contributed by atoms with Crippen LogP contribution in [-0.2, 0) is 0 Å². The van der Waals surface area contributed by atoms with Crippen LogP contribution in [0.1, 0.15) is 72.1 Å². The molecule has 2 fully saturated rings. The molecule has 0 aromatic rings. The second-order valence-corrected chi connectivity index (χ2v) is 6.66. The van der Waals surface area contributed by atoms with Crippen LogP contribution in [0.2, 0.25) is 0 Å². The number of rotatable bonds is 8. The average Bonchev–Trinajstić information content (AvgIpc) is 3.24. The first kappa shape index (κ1) is 15.3. The highest BCUT2D eigenvalue weighted by Gasteiger charge is 2.39. The lowest BCUT2D eigenvalue weighted by molar-refractivity contribution is 0.0916. The molecule has 0 heterocycles. The van der Waals surface area contributed by atoms with Crippen LogP contribution in [0.15, 0.2) is 0 Å². The van der Waals surface area contributed by atoms with E-state index >= 15 is 0 Å². The van der Waals surface area contributed by atoms with Crippen molar-refractivity contribution in [2.75, 3.05) is 13.1 Å². The molecule has 0 aliphatic heterocycles. The fourth-order valence-corrected chi connectivity index (χ4v) is 4.01. The van der Waals surface area contributed by atoms with Crippen molar-refractivity contribution in [2.24, 2.45) is 5.92 Å².